The zero-order chi connectivity index (χ0) is 20.2. The summed E-state index contributed by atoms with van der Waals surface area (Å²) < 4.78 is 10.5. The SMILES string of the molecule is O=C(Nc1ccc(CC(=O)N2CCC(O)CC2)cc1)Nc1ccc2c(c1)OCO2. The third-order valence-corrected chi connectivity index (χ3v) is 5.01. The summed E-state index contributed by atoms with van der Waals surface area (Å²) in [5.41, 5.74) is 2.10. The van der Waals surface area contributed by atoms with E-state index in [-0.39, 0.29) is 24.8 Å². The van der Waals surface area contributed by atoms with Crippen molar-refractivity contribution in [3.05, 3.63) is 48.0 Å². The Hall–Kier alpha value is -3.26. The summed E-state index contributed by atoms with van der Waals surface area (Å²) in [7, 11) is 0. The molecule has 0 atom stereocenters. The fraction of sp³-hybridized carbons (Fsp3) is 0.333. The number of hydrogen-bond donors (Lipinski definition) is 3. The average molecular weight is 397 g/mol. The number of rotatable bonds is 4. The maximum Gasteiger partial charge on any atom is 0.323 e. The highest BCUT2D eigenvalue weighted by molar-refractivity contribution is 6.00. The van der Waals surface area contributed by atoms with E-state index in [9.17, 15) is 14.7 Å². The largest absolute Gasteiger partial charge is 0.454 e. The second kappa shape index (κ2) is 8.40. The average Bonchev–Trinajstić information content (AvgIpc) is 3.18. The number of hydrogen-bond acceptors (Lipinski definition) is 5. The molecule has 3 amide bonds. The van der Waals surface area contributed by atoms with Crippen molar-refractivity contribution in [1.82, 2.24) is 4.90 Å². The number of carbonyl (C=O) groups excluding carboxylic acids is 2. The number of fused-ring (bicyclic) bond motifs is 1. The van der Waals surface area contributed by atoms with Crippen LogP contribution in [0.3, 0.4) is 0 Å². The summed E-state index contributed by atoms with van der Waals surface area (Å²) in [4.78, 5) is 26.4. The van der Waals surface area contributed by atoms with E-state index < -0.39 is 0 Å². The first-order chi connectivity index (χ1) is 14.1. The van der Waals surface area contributed by atoms with Gasteiger partial charge in [-0.3, -0.25) is 4.79 Å². The molecule has 0 radical (unpaired) electrons. The molecule has 152 valence electrons. The lowest BCUT2D eigenvalue weighted by molar-refractivity contribution is -0.132. The lowest BCUT2D eigenvalue weighted by Gasteiger charge is -2.29. The number of likely N-dealkylation sites (tertiary alicyclic amines) is 1. The fourth-order valence-corrected chi connectivity index (χ4v) is 3.38. The number of carbonyl (C=O) groups is 2. The quantitative estimate of drug-likeness (QED) is 0.736. The molecule has 1 saturated heterocycles. The van der Waals surface area contributed by atoms with E-state index >= 15 is 0 Å². The predicted molar refractivity (Wildman–Crippen MR) is 107 cm³/mol. The lowest BCUT2D eigenvalue weighted by Crippen LogP contribution is -2.40. The molecule has 0 saturated carbocycles. The van der Waals surface area contributed by atoms with Crippen LogP contribution in [0.25, 0.3) is 0 Å². The molecular formula is C21H23N3O5. The molecule has 0 unspecified atom stereocenters. The number of amides is 3. The number of anilines is 2. The van der Waals surface area contributed by atoms with Crippen molar-refractivity contribution in [2.75, 3.05) is 30.5 Å². The van der Waals surface area contributed by atoms with Gasteiger partial charge in [0.1, 0.15) is 0 Å². The first-order valence-electron chi connectivity index (χ1n) is 9.59. The van der Waals surface area contributed by atoms with Gasteiger partial charge in [0.25, 0.3) is 0 Å². The number of ether oxygens (including phenoxy) is 2. The van der Waals surface area contributed by atoms with Gasteiger partial charge in [0.15, 0.2) is 11.5 Å². The third kappa shape index (κ3) is 4.78. The molecule has 2 aliphatic rings. The number of aliphatic hydroxyl groups excluding tert-OH is 1. The summed E-state index contributed by atoms with van der Waals surface area (Å²) in [5.74, 6) is 1.31. The van der Waals surface area contributed by atoms with Crippen LogP contribution >= 0.6 is 0 Å². The van der Waals surface area contributed by atoms with Crippen LogP contribution in [-0.4, -0.2) is 47.9 Å². The summed E-state index contributed by atoms with van der Waals surface area (Å²) in [6.07, 6.45) is 1.27. The molecule has 0 bridgehead atoms. The first kappa shape index (κ1) is 19.1. The minimum Gasteiger partial charge on any atom is -0.454 e. The van der Waals surface area contributed by atoms with Gasteiger partial charge in [-0.05, 0) is 42.7 Å². The second-order valence-electron chi connectivity index (χ2n) is 7.13. The molecule has 2 heterocycles. The predicted octanol–water partition coefficient (Wildman–Crippen LogP) is 2.59. The Bertz CT molecular complexity index is 892. The number of nitrogens with one attached hydrogen (secondary N) is 2. The smallest absolute Gasteiger partial charge is 0.323 e. The molecule has 0 aromatic heterocycles. The normalized spacial score (nSPS) is 15.8. The topological polar surface area (TPSA) is 100 Å². The van der Waals surface area contributed by atoms with Crippen LogP contribution < -0.4 is 20.1 Å². The van der Waals surface area contributed by atoms with E-state index in [1.165, 1.54) is 0 Å². The van der Waals surface area contributed by atoms with Gasteiger partial charge in [-0.15, -0.1) is 0 Å². The molecule has 1 fully saturated rings. The van der Waals surface area contributed by atoms with Crippen molar-refractivity contribution in [3.63, 3.8) is 0 Å². The molecule has 8 heteroatoms. The van der Waals surface area contributed by atoms with E-state index in [2.05, 4.69) is 10.6 Å². The summed E-state index contributed by atoms with van der Waals surface area (Å²) in [5, 5.41) is 15.1. The molecule has 4 rings (SSSR count). The summed E-state index contributed by atoms with van der Waals surface area (Å²) >= 11 is 0. The van der Waals surface area contributed by atoms with Crippen LogP contribution in [0.15, 0.2) is 42.5 Å². The fourth-order valence-electron chi connectivity index (χ4n) is 3.38. The van der Waals surface area contributed by atoms with Gasteiger partial charge in [-0.25, -0.2) is 4.79 Å². The molecule has 0 aliphatic carbocycles. The molecule has 2 aromatic carbocycles. The standard InChI is InChI=1S/C21H23N3O5/c25-17-7-9-24(10-8-17)20(26)11-14-1-3-15(4-2-14)22-21(27)23-16-5-6-18-19(12-16)29-13-28-18/h1-6,12,17,25H,7-11,13H2,(H2,22,23,27). The van der Waals surface area contributed by atoms with E-state index in [1.807, 2.05) is 12.1 Å². The van der Waals surface area contributed by atoms with Crippen molar-refractivity contribution < 1.29 is 24.2 Å². The van der Waals surface area contributed by atoms with E-state index in [1.54, 1.807) is 35.2 Å². The van der Waals surface area contributed by atoms with Gasteiger partial charge in [-0.2, -0.15) is 0 Å². The van der Waals surface area contributed by atoms with Gasteiger partial charge in [0.05, 0.1) is 12.5 Å². The minimum absolute atomic E-state index is 0.0539. The molecule has 8 nitrogen and oxygen atoms in total. The molecule has 2 aromatic rings. The zero-order valence-electron chi connectivity index (χ0n) is 15.9. The molecule has 0 spiro atoms. The van der Waals surface area contributed by atoms with E-state index in [0.29, 0.717) is 55.2 Å². The van der Waals surface area contributed by atoms with Gasteiger partial charge in [0.2, 0.25) is 12.7 Å². The van der Waals surface area contributed by atoms with E-state index in [4.69, 9.17) is 9.47 Å². The Labute approximate surface area is 168 Å². The first-order valence-corrected chi connectivity index (χ1v) is 9.59. The highest BCUT2D eigenvalue weighted by Gasteiger charge is 2.21. The van der Waals surface area contributed by atoms with Gasteiger partial charge >= 0.3 is 6.03 Å². The third-order valence-electron chi connectivity index (χ3n) is 5.01. The van der Waals surface area contributed by atoms with Crippen LogP contribution in [-0.2, 0) is 11.2 Å². The molecule has 29 heavy (non-hydrogen) atoms. The van der Waals surface area contributed by atoms with E-state index in [0.717, 1.165) is 5.56 Å². The van der Waals surface area contributed by atoms with Crippen molar-refractivity contribution in [2.24, 2.45) is 0 Å². The Morgan fingerprint density at radius 1 is 0.966 bits per heavy atom. The second-order valence-corrected chi connectivity index (χ2v) is 7.13. The van der Waals surface area contributed by atoms with Crippen molar-refractivity contribution in [3.8, 4) is 11.5 Å². The Morgan fingerprint density at radius 2 is 1.62 bits per heavy atom. The van der Waals surface area contributed by atoms with Crippen molar-refractivity contribution >= 4 is 23.3 Å². The summed E-state index contributed by atoms with van der Waals surface area (Å²) in [6, 6.07) is 12.0. The van der Waals surface area contributed by atoms with Crippen molar-refractivity contribution in [2.45, 2.75) is 25.4 Å². The Balaban J connectivity index is 1.28. The van der Waals surface area contributed by atoms with Gasteiger partial charge < -0.3 is 30.1 Å². The molecule has 3 N–H and O–H groups in total. The number of nitrogens with zero attached hydrogens (tertiary/aromatic N) is 1. The molecular weight excluding hydrogens is 374 g/mol. The minimum atomic E-state index is -0.375. The number of benzene rings is 2. The van der Waals surface area contributed by atoms with Crippen LogP contribution in [0, 0.1) is 0 Å². The number of piperidine rings is 1. The van der Waals surface area contributed by atoms with Crippen LogP contribution in [0.1, 0.15) is 18.4 Å². The van der Waals surface area contributed by atoms with Gasteiger partial charge in [-0.1, -0.05) is 12.1 Å². The Morgan fingerprint density at radius 3 is 2.38 bits per heavy atom. The van der Waals surface area contributed by atoms with Crippen LogP contribution in [0.2, 0.25) is 0 Å². The lowest BCUT2D eigenvalue weighted by atomic mass is 10.1. The highest BCUT2D eigenvalue weighted by atomic mass is 16.7. The molecule has 2 aliphatic heterocycles. The van der Waals surface area contributed by atoms with Crippen molar-refractivity contribution in [1.29, 1.82) is 0 Å². The number of aliphatic hydroxyl groups is 1. The Kier molecular flexibility index (Phi) is 5.53. The van der Waals surface area contributed by atoms with Crippen LogP contribution in [0.5, 0.6) is 11.5 Å². The summed E-state index contributed by atoms with van der Waals surface area (Å²) in [6.45, 7) is 1.37. The van der Waals surface area contributed by atoms with Gasteiger partial charge in [0, 0.05) is 30.5 Å². The monoisotopic (exact) mass is 397 g/mol. The zero-order valence-corrected chi connectivity index (χ0v) is 15.9. The highest BCUT2D eigenvalue weighted by Crippen LogP contribution is 2.34. The number of urea groups is 1. The van der Waals surface area contributed by atoms with Crippen LogP contribution in [0.4, 0.5) is 16.2 Å². The maximum absolute atomic E-state index is 12.4. The maximum atomic E-state index is 12.4.